The van der Waals surface area contributed by atoms with Crippen LogP contribution in [0.3, 0.4) is 0 Å². The quantitative estimate of drug-likeness (QED) is 0.511. The molecule has 120 valence electrons. The van der Waals surface area contributed by atoms with Gasteiger partial charge in [-0.3, -0.25) is 0 Å². The molecule has 1 spiro atoms. The summed E-state index contributed by atoms with van der Waals surface area (Å²) in [7, 11) is -4.21. The monoisotopic (exact) mass is 340 g/mol. The predicted octanol–water partition coefficient (Wildman–Crippen LogP) is 4.40. The Bertz CT molecular complexity index is 902. The molecule has 24 heavy (non-hydrogen) atoms. The van der Waals surface area contributed by atoms with Crippen LogP contribution in [0.2, 0.25) is 0 Å². The van der Waals surface area contributed by atoms with Gasteiger partial charge >= 0.3 is 138 Å². The summed E-state index contributed by atoms with van der Waals surface area (Å²) < 4.78 is 24.4. The van der Waals surface area contributed by atoms with Gasteiger partial charge in [-0.05, 0) is 0 Å². The Morgan fingerprint density at radius 2 is 1.21 bits per heavy atom. The third-order valence-corrected chi connectivity index (χ3v) is 6.92. The Morgan fingerprint density at radius 1 is 0.625 bits per heavy atom. The second-order valence-electron chi connectivity index (χ2n) is 5.47. The van der Waals surface area contributed by atoms with Crippen LogP contribution in [0.15, 0.2) is 78.9 Å². The van der Waals surface area contributed by atoms with E-state index in [0.29, 0.717) is 28.3 Å². The van der Waals surface area contributed by atoms with Crippen LogP contribution in [-0.4, -0.2) is 0 Å². The molecule has 0 radical (unpaired) electrons. The van der Waals surface area contributed by atoms with E-state index in [1.807, 2.05) is 72.8 Å². The number of para-hydroxylation sites is 4. The molecule has 0 saturated heterocycles. The Labute approximate surface area is 138 Å². The molecule has 0 aliphatic carbocycles. The first-order valence-electron chi connectivity index (χ1n) is 7.50. The van der Waals surface area contributed by atoms with Gasteiger partial charge < -0.3 is 0 Å². The van der Waals surface area contributed by atoms with Crippen LogP contribution in [-0.2, 0) is 4.67 Å². The van der Waals surface area contributed by atoms with E-state index in [9.17, 15) is 0 Å². The molecule has 3 aromatic rings. The van der Waals surface area contributed by atoms with E-state index in [4.69, 9.17) is 23.1 Å². The third-order valence-electron chi connectivity index (χ3n) is 3.88. The van der Waals surface area contributed by atoms with Crippen LogP contribution < -0.4 is 23.8 Å². The molecule has 0 N–H and O–H groups in total. The van der Waals surface area contributed by atoms with Crippen LogP contribution in [0.1, 0.15) is 0 Å². The molecular weight excluding hydrogens is 327 g/mol. The molecule has 2 heterocycles. The molecule has 0 atom stereocenters. The minimum absolute atomic E-state index is 0.527. The van der Waals surface area contributed by atoms with Crippen LogP contribution >= 0.6 is 7.51 Å². The summed E-state index contributed by atoms with van der Waals surface area (Å²) in [6.45, 7) is 0. The first kappa shape index (κ1) is 13.7. The van der Waals surface area contributed by atoms with Crippen molar-refractivity contribution >= 4 is 12.8 Å². The molecule has 2 aliphatic heterocycles. The van der Waals surface area contributed by atoms with Crippen molar-refractivity contribution in [2.24, 2.45) is 0 Å². The van der Waals surface area contributed by atoms with Gasteiger partial charge in [-0.15, -0.1) is 0 Å². The van der Waals surface area contributed by atoms with Crippen molar-refractivity contribution in [3.8, 4) is 23.0 Å². The van der Waals surface area contributed by atoms with Gasteiger partial charge in [0, 0.05) is 0 Å². The van der Waals surface area contributed by atoms with Crippen molar-refractivity contribution < 1.29 is 23.1 Å². The summed E-state index contributed by atoms with van der Waals surface area (Å²) in [4.78, 5) is 5.43. The van der Waals surface area contributed by atoms with Crippen LogP contribution in [0.5, 0.6) is 23.0 Å². The van der Waals surface area contributed by atoms with Gasteiger partial charge in [0.1, 0.15) is 0 Å². The first-order valence-corrected chi connectivity index (χ1v) is 9.41. The second-order valence-corrected chi connectivity index (χ2v) is 8.27. The van der Waals surface area contributed by atoms with E-state index in [-0.39, 0.29) is 0 Å². The van der Waals surface area contributed by atoms with Crippen LogP contribution in [0.25, 0.3) is 0 Å². The standard InChI is InChI=1S/C18H13O5P/c1-2-8-14(9-3-1)20-24(18-13-7-6-12-17(18)19-23-24)21-15-10-4-5-11-16(15)22-24/h1-13H. The van der Waals surface area contributed by atoms with Crippen molar-refractivity contribution in [1.82, 2.24) is 0 Å². The molecule has 0 saturated carbocycles. The summed E-state index contributed by atoms with van der Waals surface area (Å²) in [6, 6.07) is 24.0. The topological polar surface area (TPSA) is 46.2 Å². The van der Waals surface area contributed by atoms with Gasteiger partial charge in [-0.2, -0.15) is 0 Å². The summed E-state index contributed by atoms with van der Waals surface area (Å²) in [5, 5.41) is 0.628. The summed E-state index contributed by atoms with van der Waals surface area (Å²) in [6.07, 6.45) is 0. The van der Waals surface area contributed by atoms with Gasteiger partial charge in [0.25, 0.3) is 0 Å². The van der Waals surface area contributed by atoms with Gasteiger partial charge in [0.15, 0.2) is 0 Å². The number of rotatable bonds is 2. The van der Waals surface area contributed by atoms with Crippen molar-refractivity contribution in [3.05, 3.63) is 78.9 Å². The van der Waals surface area contributed by atoms with Gasteiger partial charge in [-0.25, -0.2) is 0 Å². The summed E-state index contributed by atoms with van der Waals surface area (Å²) >= 11 is 0. The Morgan fingerprint density at radius 3 is 1.92 bits per heavy atom. The Kier molecular flexibility index (Phi) is 2.64. The zero-order valence-electron chi connectivity index (χ0n) is 12.5. The molecule has 0 unspecified atom stereocenters. The SMILES string of the molecule is c1ccc(OP23(OOc4ccccc42)Oc2ccccc2O3)cc1. The van der Waals surface area contributed by atoms with Crippen LogP contribution in [0.4, 0.5) is 0 Å². The molecule has 0 fully saturated rings. The van der Waals surface area contributed by atoms with Crippen molar-refractivity contribution in [1.29, 1.82) is 0 Å². The fourth-order valence-electron chi connectivity index (χ4n) is 2.83. The molecule has 0 amide bonds. The number of fused-ring (bicyclic) bond motifs is 3. The van der Waals surface area contributed by atoms with E-state index in [1.54, 1.807) is 6.07 Å². The zero-order valence-corrected chi connectivity index (χ0v) is 13.4. The third kappa shape index (κ3) is 1.77. The molecule has 6 heteroatoms. The molecule has 5 rings (SSSR count). The molecular formula is C18H13O5P. The van der Waals surface area contributed by atoms with Crippen molar-refractivity contribution in [2.75, 3.05) is 0 Å². The van der Waals surface area contributed by atoms with E-state index in [0.717, 1.165) is 0 Å². The molecule has 5 nitrogen and oxygen atoms in total. The minimum atomic E-state index is -4.21. The average Bonchev–Trinajstić information content (AvgIpc) is 3.12. The summed E-state index contributed by atoms with van der Waals surface area (Å²) in [5.41, 5.74) is 0. The normalized spacial score (nSPS) is 19.8. The van der Waals surface area contributed by atoms with Gasteiger partial charge in [-0.1, -0.05) is 0 Å². The van der Waals surface area contributed by atoms with E-state index in [2.05, 4.69) is 0 Å². The maximum absolute atomic E-state index is 6.26. The van der Waals surface area contributed by atoms with Crippen LogP contribution in [0, 0.1) is 0 Å². The van der Waals surface area contributed by atoms with Gasteiger partial charge in [0.05, 0.1) is 0 Å². The molecule has 0 bridgehead atoms. The van der Waals surface area contributed by atoms with Gasteiger partial charge in [0.2, 0.25) is 0 Å². The predicted molar refractivity (Wildman–Crippen MR) is 89.5 cm³/mol. The number of hydrogen-bond donors (Lipinski definition) is 0. The van der Waals surface area contributed by atoms with E-state index < -0.39 is 7.51 Å². The number of hydrogen-bond acceptors (Lipinski definition) is 5. The molecule has 3 aromatic carbocycles. The Balaban J connectivity index is 1.72. The maximum atomic E-state index is 6.26. The fourth-order valence-corrected chi connectivity index (χ4v) is 5.88. The molecule has 0 aromatic heterocycles. The second kappa shape index (κ2) is 4.63. The number of benzene rings is 3. The Hall–Kier alpha value is -2.75. The summed E-state index contributed by atoms with van der Waals surface area (Å²) in [5.74, 6) is 2.22. The van der Waals surface area contributed by atoms with E-state index >= 15 is 0 Å². The fraction of sp³-hybridized carbons (Fsp3) is 0. The van der Waals surface area contributed by atoms with Crippen molar-refractivity contribution in [3.63, 3.8) is 0 Å². The van der Waals surface area contributed by atoms with E-state index in [1.165, 1.54) is 0 Å². The first-order chi connectivity index (χ1) is 11.8. The average molecular weight is 340 g/mol. The molecule has 2 aliphatic rings. The van der Waals surface area contributed by atoms with Crippen molar-refractivity contribution in [2.45, 2.75) is 0 Å². The zero-order chi connectivity index (χ0) is 16.1.